The maximum atomic E-state index is 12.2. The summed E-state index contributed by atoms with van der Waals surface area (Å²) in [7, 11) is 0. The number of nitrogens with zero attached hydrogens (tertiary/aromatic N) is 1. The fourth-order valence-electron chi connectivity index (χ4n) is 1.79. The van der Waals surface area contributed by atoms with Gasteiger partial charge in [0.25, 0.3) is 5.91 Å². The fourth-order valence-corrected chi connectivity index (χ4v) is 2.15. The summed E-state index contributed by atoms with van der Waals surface area (Å²) >= 11 is 3.42. The predicted molar refractivity (Wildman–Crippen MR) is 85.8 cm³/mol. The number of carbonyl (C=O) groups is 1. The largest absolute Gasteiger partial charge is 0.409 e. The van der Waals surface area contributed by atoms with Crippen LogP contribution in [-0.4, -0.2) is 17.0 Å². The molecule has 1 amide bonds. The first kappa shape index (κ1) is 15.1. The molecule has 0 unspecified atom stereocenters. The number of nitrogens with one attached hydrogen (secondary N) is 1. The molecule has 0 atom stereocenters. The first-order valence-electron chi connectivity index (χ1n) is 6.17. The molecule has 0 bridgehead atoms. The van der Waals surface area contributed by atoms with Gasteiger partial charge in [0.1, 0.15) is 0 Å². The van der Waals surface area contributed by atoms with Crippen LogP contribution in [0.2, 0.25) is 0 Å². The highest BCUT2D eigenvalue weighted by Crippen LogP contribution is 2.23. The van der Waals surface area contributed by atoms with E-state index in [1.165, 1.54) is 0 Å². The minimum absolute atomic E-state index is 0.00444. The zero-order valence-corrected chi connectivity index (χ0v) is 12.9. The van der Waals surface area contributed by atoms with Gasteiger partial charge in [0.2, 0.25) is 0 Å². The number of halogens is 1. The average molecular weight is 348 g/mol. The van der Waals surface area contributed by atoms with Crippen molar-refractivity contribution < 1.29 is 10.0 Å². The molecular weight excluding hydrogens is 334 g/mol. The fraction of sp³-hybridized carbons (Fsp3) is 0.0667. The van der Waals surface area contributed by atoms with Crippen molar-refractivity contribution in [2.24, 2.45) is 10.9 Å². The van der Waals surface area contributed by atoms with Crippen LogP contribution in [0.5, 0.6) is 0 Å². The molecular formula is C15H14BrN3O2. The molecule has 0 saturated carbocycles. The third kappa shape index (κ3) is 3.41. The van der Waals surface area contributed by atoms with Crippen LogP contribution < -0.4 is 11.1 Å². The normalized spacial score (nSPS) is 11.2. The second-order valence-electron chi connectivity index (χ2n) is 4.43. The molecule has 2 aromatic rings. The van der Waals surface area contributed by atoms with E-state index in [2.05, 4.69) is 26.4 Å². The van der Waals surface area contributed by atoms with Crippen LogP contribution in [0.1, 0.15) is 21.5 Å². The van der Waals surface area contributed by atoms with Crippen LogP contribution in [0.3, 0.4) is 0 Å². The Morgan fingerprint density at radius 1 is 1.19 bits per heavy atom. The molecule has 0 fully saturated rings. The van der Waals surface area contributed by atoms with Crippen molar-refractivity contribution in [3.05, 3.63) is 63.6 Å². The van der Waals surface area contributed by atoms with E-state index in [1.807, 2.05) is 25.1 Å². The van der Waals surface area contributed by atoms with Gasteiger partial charge in [-0.15, -0.1) is 0 Å². The van der Waals surface area contributed by atoms with E-state index < -0.39 is 0 Å². The molecule has 5 nitrogen and oxygen atoms in total. The maximum Gasteiger partial charge on any atom is 0.255 e. The monoisotopic (exact) mass is 347 g/mol. The van der Waals surface area contributed by atoms with Gasteiger partial charge in [-0.3, -0.25) is 4.79 Å². The molecule has 0 spiro atoms. The zero-order valence-electron chi connectivity index (χ0n) is 11.3. The zero-order chi connectivity index (χ0) is 15.4. The summed E-state index contributed by atoms with van der Waals surface area (Å²) in [5, 5.41) is 14.4. The van der Waals surface area contributed by atoms with Crippen molar-refractivity contribution >= 4 is 33.4 Å². The maximum absolute atomic E-state index is 12.2. The molecule has 6 heteroatoms. The summed E-state index contributed by atoms with van der Waals surface area (Å²) in [6.45, 7) is 1.92. The highest BCUT2D eigenvalue weighted by molar-refractivity contribution is 9.10. The van der Waals surface area contributed by atoms with Crippen molar-refractivity contribution in [3.8, 4) is 0 Å². The molecule has 4 N–H and O–H groups in total. The summed E-state index contributed by atoms with van der Waals surface area (Å²) in [6.07, 6.45) is 0. The number of amides is 1. The molecule has 0 aliphatic rings. The van der Waals surface area contributed by atoms with Gasteiger partial charge in [0.05, 0.1) is 0 Å². The highest BCUT2D eigenvalue weighted by atomic mass is 79.9. The van der Waals surface area contributed by atoms with E-state index in [1.54, 1.807) is 24.3 Å². The Hall–Kier alpha value is -2.34. The molecule has 0 aromatic heterocycles. The lowest BCUT2D eigenvalue weighted by molar-refractivity contribution is 0.102. The summed E-state index contributed by atoms with van der Waals surface area (Å²) in [5.41, 5.74) is 8.22. The van der Waals surface area contributed by atoms with Crippen molar-refractivity contribution in [3.63, 3.8) is 0 Å². The highest BCUT2D eigenvalue weighted by Gasteiger charge is 2.09. The first-order valence-corrected chi connectivity index (χ1v) is 6.96. The topological polar surface area (TPSA) is 87.7 Å². The Kier molecular flexibility index (Phi) is 4.59. The summed E-state index contributed by atoms with van der Waals surface area (Å²) in [6, 6.07) is 12.1. The van der Waals surface area contributed by atoms with E-state index in [0.29, 0.717) is 11.1 Å². The minimum atomic E-state index is -0.220. The van der Waals surface area contributed by atoms with Gasteiger partial charge in [0, 0.05) is 21.3 Å². The minimum Gasteiger partial charge on any atom is -0.409 e. The number of oxime groups is 1. The third-order valence-corrected chi connectivity index (χ3v) is 3.93. The van der Waals surface area contributed by atoms with Crippen molar-refractivity contribution in [2.75, 3.05) is 5.32 Å². The number of anilines is 1. The van der Waals surface area contributed by atoms with Crippen LogP contribution in [0, 0.1) is 6.92 Å². The Morgan fingerprint density at radius 2 is 1.81 bits per heavy atom. The number of carbonyl (C=O) groups excluding carboxylic acids is 1. The third-order valence-electron chi connectivity index (χ3n) is 3.07. The number of amidine groups is 1. The molecule has 21 heavy (non-hydrogen) atoms. The lowest BCUT2D eigenvalue weighted by Gasteiger charge is -2.10. The van der Waals surface area contributed by atoms with Crippen LogP contribution in [0.15, 0.2) is 52.1 Å². The smallest absolute Gasteiger partial charge is 0.255 e. The summed E-state index contributed by atoms with van der Waals surface area (Å²) in [5.74, 6) is -0.216. The van der Waals surface area contributed by atoms with Crippen LogP contribution in [-0.2, 0) is 0 Å². The lowest BCUT2D eigenvalue weighted by atomic mass is 10.1. The van der Waals surface area contributed by atoms with Gasteiger partial charge in [-0.2, -0.15) is 0 Å². The van der Waals surface area contributed by atoms with E-state index in [0.717, 1.165) is 15.7 Å². The molecule has 0 radical (unpaired) electrons. The number of hydrogen-bond acceptors (Lipinski definition) is 3. The molecule has 0 aliphatic carbocycles. The van der Waals surface area contributed by atoms with Crippen molar-refractivity contribution in [1.29, 1.82) is 0 Å². The number of hydrogen-bond donors (Lipinski definition) is 3. The molecule has 2 rings (SSSR count). The van der Waals surface area contributed by atoms with E-state index in [-0.39, 0.29) is 11.7 Å². The van der Waals surface area contributed by atoms with Crippen LogP contribution in [0.4, 0.5) is 5.69 Å². The van der Waals surface area contributed by atoms with Gasteiger partial charge in [-0.25, -0.2) is 0 Å². The quantitative estimate of drug-likeness (QED) is 0.345. The Labute approximate surface area is 130 Å². The van der Waals surface area contributed by atoms with Crippen molar-refractivity contribution in [2.45, 2.75) is 6.92 Å². The van der Waals surface area contributed by atoms with Gasteiger partial charge < -0.3 is 16.3 Å². The molecule has 0 heterocycles. The SMILES string of the molecule is Cc1c(Br)cccc1NC(=O)c1ccc(/C(N)=N/O)cc1. The van der Waals surface area contributed by atoms with E-state index in [9.17, 15) is 4.79 Å². The van der Waals surface area contributed by atoms with Gasteiger partial charge in [-0.1, -0.05) is 39.3 Å². The van der Waals surface area contributed by atoms with Gasteiger partial charge >= 0.3 is 0 Å². The number of nitrogens with two attached hydrogens (primary N) is 1. The molecule has 2 aromatic carbocycles. The van der Waals surface area contributed by atoms with Crippen LogP contribution >= 0.6 is 15.9 Å². The van der Waals surface area contributed by atoms with Crippen LogP contribution in [0.25, 0.3) is 0 Å². The Balaban J connectivity index is 2.19. The van der Waals surface area contributed by atoms with E-state index >= 15 is 0 Å². The predicted octanol–water partition coefficient (Wildman–Crippen LogP) is 3.10. The van der Waals surface area contributed by atoms with Crippen molar-refractivity contribution in [1.82, 2.24) is 0 Å². The van der Waals surface area contributed by atoms with E-state index in [4.69, 9.17) is 10.9 Å². The average Bonchev–Trinajstić information content (AvgIpc) is 2.51. The first-order chi connectivity index (χ1) is 10.0. The van der Waals surface area contributed by atoms with Gasteiger partial charge in [-0.05, 0) is 36.8 Å². The molecule has 108 valence electrons. The second kappa shape index (κ2) is 6.41. The standard InChI is InChI=1S/C15H14BrN3O2/c1-9-12(16)3-2-4-13(9)18-15(20)11-7-5-10(6-8-11)14(17)19-21/h2-8,21H,1H3,(H2,17,19)(H,18,20). The van der Waals surface area contributed by atoms with Gasteiger partial charge in [0.15, 0.2) is 5.84 Å². The Morgan fingerprint density at radius 3 is 2.43 bits per heavy atom. The summed E-state index contributed by atoms with van der Waals surface area (Å²) < 4.78 is 0.933. The lowest BCUT2D eigenvalue weighted by Crippen LogP contribution is -2.15. The number of benzene rings is 2. The summed E-state index contributed by atoms with van der Waals surface area (Å²) in [4.78, 5) is 12.2. The molecule has 0 saturated heterocycles. The molecule has 0 aliphatic heterocycles. The Bertz CT molecular complexity index is 697. The second-order valence-corrected chi connectivity index (χ2v) is 5.28. The number of rotatable bonds is 3.